The van der Waals surface area contributed by atoms with E-state index >= 15 is 0 Å². The highest BCUT2D eigenvalue weighted by atomic mass is 35.5. The lowest BCUT2D eigenvalue weighted by Gasteiger charge is -2.40. The van der Waals surface area contributed by atoms with Crippen molar-refractivity contribution < 1.29 is 37.7 Å². The fourth-order valence-corrected chi connectivity index (χ4v) is 4.22. The standard InChI is InChI=1S/C19H20Cl2N2O8S/c20-11-5-3-10(8-12(11)21)4-6-14(24)23-16-18(26)17(25)13(31-19(16)27)9-22-32(28,29)15-2-1-7-30-15/h1-8,13,16-19,22,25-27H,9H2,(H,23,24)/b6-4+/t13-,16-,17-,18-,19?/m1/s1. The molecule has 1 amide bonds. The molecule has 174 valence electrons. The number of sulfonamides is 1. The molecule has 5 N–H and O–H groups in total. The second-order valence-corrected chi connectivity index (χ2v) is 9.38. The van der Waals surface area contributed by atoms with Crippen LogP contribution in [0.2, 0.25) is 10.0 Å². The molecule has 13 heteroatoms. The number of hydrogen-bond acceptors (Lipinski definition) is 8. The summed E-state index contributed by atoms with van der Waals surface area (Å²) in [5.74, 6) is -0.688. The van der Waals surface area contributed by atoms with Gasteiger partial charge in [0, 0.05) is 12.6 Å². The zero-order valence-electron chi connectivity index (χ0n) is 16.3. The number of halogens is 2. The Morgan fingerprint density at radius 2 is 1.88 bits per heavy atom. The third kappa shape index (κ3) is 5.88. The Bertz CT molecular complexity index is 1080. The first-order valence-electron chi connectivity index (χ1n) is 9.25. The molecule has 2 aromatic rings. The molecule has 0 saturated carbocycles. The number of furan rings is 1. The quantitative estimate of drug-likeness (QED) is 0.339. The minimum Gasteiger partial charge on any atom is -0.452 e. The number of hydrogen-bond donors (Lipinski definition) is 5. The van der Waals surface area contributed by atoms with Gasteiger partial charge >= 0.3 is 0 Å². The van der Waals surface area contributed by atoms with E-state index in [1.807, 2.05) is 0 Å². The average Bonchev–Trinajstić information content (AvgIpc) is 3.30. The first kappa shape index (κ1) is 24.7. The fourth-order valence-electron chi connectivity index (χ4n) is 2.95. The smallest absolute Gasteiger partial charge is 0.274 e. The summed E-state index contributed by atoms with van der Waals surface area (Å²) in [6.45, 7) is -0.462. The molecule has 0 radical (unpaired) electrons. The zero-order chi connectivity index (χ0) is 23.5. The van der Waals surface area contributed by atoms with Crippen molar-refractivity contribution >= 4 is 45.2 Å². The largest absolute Gasteiger partial charge is 0.452 e. The molecule has 1 unspecified atom stereocenters. The average molecular weight is 507 g/mol. The van der Waals surface area contributed by atoms with Crippen LogP contribution in [0.3, 0.4) is 0 Å². The number of aliphatic hydroxyl groups excluding tert-OH is 3. The van der Waals surface area contributed by atoms with E-state index in [-0.39, 0.29) is 5.09 Å². The highest BCUT2D eigenvalue weighted by Gasteiger charge is 2.44. The lowest BCUT2D eigenvalue weighted by atomic mass is 9.96. The number of nitrogens with one attached hydrogen (secondary N) is 2. The highest BCUT2D eigenvalue weighted by molar-refractivity contribution is 7.89. The van der Waals surface area contributed by atoms with Crippen molar-refractivity contribution in [3.63, 3.8) is 0 Å². The van der Waals surface area contributed by atoms with Crippen LogP contribution in [0.4, 0.5) is 0 Å². The Morgan fingerprint density at radius 3 is 2.53 bits per heavy atom. The molecule has 1 aliphatic rings. The van der Waals surface area contributed by atoms with Gasteiger partial charge in [-0.2, -0.15) is 0 Å². The van der Waals surface area contributed by atoms with Crippen LogP contribution in [0.25, 0.3) is 6.08 Å². The molecule has 2 heterocycles. The normalized spacial score (nSPS) is 26.3. The van der Waals surface area contributed by atoms with Gasteiger partial charge in [-0.25, -0.2) is 13.1 Å². The molecule has 10 nitrogen and oxygen atoms in total. The zero-order valence-corrected chi connectivity index (χ0v) is 18.6. The van der Waals surface area contributed by atoms with Crippen LogP contribution in [0, 0.1) is 0 Å². The highest BCUT2D eigenvalue weighted by Crippen LogP contribution is 2.23. The SMILES string of the molecule is O=C(/C=C/c1ccc(Cl)c(Cl)c1)N[C@H]1C(O)O[C@H](CNS(=O)(=O)c2ccco2)[C@@H](O)[C@@H]1O. The maximum Gasteiger partial charge on any atom is 0.274 e. The summed E-state index contributed by atoms with van der Waals surface area (Å²) >= 11 is 11.7. The minimum atomic E-state index is -4.01. The van der Waals surface area contributed by atoms with Crippen LogP contribution in [0.1, 0.15) is 5.56 Å². The predicted molar refractivity (Wildman–Crippen MR) is 114 cm³/mol. The molecule has 5 atom stereocenters. The molecule has 0 bridgehead atoms. The van der Waals surface area contributed by atoms with E-state index in [2.05, 4.69) is 10.0 Å². The number of amides is 1. The van der Waals surface area contributed by atoms with Crippen LogP contribution >= 0.6 is 23.2 Å². The van der Waals surface area contributed by atoms with Gasteiger partial charge < -0.3 is 29.8 Å². The number of ether oxygens (including phenoxy) is 1. The van der Waals surface area contributed by atoms with Gasteiger partial charge in [0.2, 0.25) is 11.0 Å². The number of rotatable bonds is 7. The summed E-state index contributed by atoms with van der Waals surface area (Å²) in [5, 5.41) is 33.5. The topological polar surface area (TPSA) is 158 Å². The maximum atomic E-state index is 12.2. The number of carbonyl (C=O) groups is 1. The van der Waals surface area contributed by atoms with Crippen LogP contribution in [0.5, 0.6) is 0 Å². The van der Waals surface area contributed by atoms with Crippen molar-refractivity contribution in [2.45, 2.75) is 35.7 Å². The van der Waals surface area contributed by atoms with Crippen molar-refractivity contribution in [3.05, 3.63) is 58.3 Å². The van der Waals surface area contributed by atoms with E-state index in [4.69, 9.17) is 32.4 Å². The molecule has 0 spiro atoms. The van der Waals surface area contributed by atoms with Gasteiger partial charge in [-0.05, 0) is 35.9 Å². The minimum absolute atomic E-state index is 0.303. The lowest BCUT2D eigenvalue weighted by Crippen LogP contribution is -2.64. The van der Waals surface area contributed by atoms with E-state index in [0.717, 1.165) is 6.08 Å². The van der Waals surface area contributed by atoms with Gasteiger partial charge in [0.15, 0.2) is 6.29 Å². The first-order valence-corrected chi connectivity index (χ1v) is 11.5. The van der Waals surface area contributed by atoms with E-state index in [9.17, 15) is 28.5 Å². The summed E-state index contributed by atoms with van der Waals surface area (Å²) in [6, 6.07) is 5.97. The summed E-state index contributed by atoms with van der Waals surface area (Å²) in [4.78, 5) is 12.2. The van der Waals surface area contributed by atoms with Crippen LogP contribution in [-0.4, -0.2) is 66.8 Å². The molecule has 1 aliphatic heterocycles. The number of carbonyl (C=O) groups excluding carboxylic acids is 1. The van der Waals surface area contributed by atoms with E-state index in [1.165, 1.54) is 24.5 Å². The van der Waals surface area contributed by atoms with Gasteiger partial charge in [0.25, 0.3) is 10.0 Å². The van der Waals surface area contributed by atoms with E-state index in [0.29, 0.717) is 15.6 Å². The molecular weight excluding hydrogens is 487 g/mol. The number of aliphatic hydroxyl groups is 3. The van der Waals surface area contributed by atoms with Gasteiger partial charge in [0.1, 0.15) is 24.4 Å². The van der Waals surface area contributed by atoms with E-state index in [1.54, 1.807) is 18.2 Å². The Hall–Kier alpha value is -1.96. The van der Waals surface area contributed by atoms with Crippen molar-refractivity contribution in [1.82, 2.24) is 10.0 Å². The molecule has 1 aromatic heterocycles. The van der Waals surface area contributed by atoms with Crippen LogP contribution in [-0.2, 0) is 19.6 Å². The number of benzene rings is 1. The van der Waals surface area contributed by atoms with Crippen molar-refractivity contribution in [3.8, 4) is 0 Å². The third-order valence-corrected chi connectivity index (χ3v) is 6.68. The van der Waals surface area contributed by atoms with E-state index < -0.39 is 53.1 Å². The Morgan fingerprint density at radius 1 is 1.12 bits per heavy atom. The summed E-state index contributed by atoms with van der Waals surface area (Å²) in [6.07, 6.45) is -2.51. The first-order chi connectivity index (χ1) is 15.1. The Kier molecular flexibility index (Phi) is 7.96. The lowest BCUT2D eigenvalue weighted by molar-refractivity contribution is -0.244. The predicted octanol–water partition coefficient (Wildman–Crippen LogP) is 0.502. The van der Waals surface area contributed by atoms with Crippen molar-refractivity contribution in [1.29, 1.82) is 0 Å². The molecule has 0 aliphatic carbocycles. The Labute approximate surface area is 193 Å². The second kappa shape index (κ2) is 10.3. The molecule has 1 saturated heterocycles. The van der Waals surface area contributed by atoms with Gasteiger partial charge in [0.05, 0.1) is 16.3 Å². The van der Waals surface area contributed by atoms with Crippen molar-refractivity contribution in [2.24, 2.45) is 0 Å². The molecule has 32 heavy (non-hydrogen) atoms. The Balaban J connectivity index is 1.58. The van der Waals surface area contributed by atoms with Crippen LogP contribution < -0.4 is 10.0 Å². The molecular formula is C19H20Cl2N2O8S. The third-order valence-electron chi connectivity index (χ3n) is 4.63. The fraction of sp³-hybridized carbons (Fsp3) is 0.316. The van der Waals surface area contributed by atoms with Crippen LogP contribution in [0.15, 0.2) is 52.2 Å². The molecule has 1 fully saturated rings. The monoisotopic (exact) mass is 506 g/mol. The van der Waals surface area contributed by atoms with Crippen molar-refractivity contribution in [2.75, 3.05) is 6.54 Å². The molecule has 1 aromatic carbocycles. The summed E-state index contributed by atoms with van der Waals surface area (Å²) < 4.78 is 36.4. The summed E-state index contributed by atoms with van der Waals surface area (Å²) in [5.41, 5.74) is 0.583. The molecule has 3 rings (SSSR count). The van der Waals surface area contributed by atoms with Gasteiger partial charge in [-0.1, -0.05) is 29.3 Å². The summed E-state index contributed by atoms with van der Waals surface area (Å²) in [7, 11) is -4.01. The van der Waals surface area contributed by atoms with Gasteiger partial charge in [-0.15, -0.1) is 0 Å². The van der Waals surface area contributed by atoms with Gasteiger partial charge in [-0.3, -0.25) is 4.79 Å². The second-order valence-electron chi connectivity index (χ2n) is 6.87. The maximum absolute atomic E-state index is 12.2.